The lowest BCUT2D eigenvalue weighted by Crippen LogP contribution is -2.45. The van der Waals surface area contributed by atoms with Crippen LogP contribution in [0.1, 0.15) is 99.2 Å². The minimum atomic E-state index is -1.21. The standard InChI is InChI=1S/C42H53N9O6/c1-25-43-33(24-57-25)39(53)44-32-20-27-23-50(45-31(27)21-30(32)42(2,3)56)29-12-10-26(11-13-29)22-46(4)28-16-18-49(19-17-28)34-8-7-9-35-38(34)48(6)41(55)51(35)36-14-15-37(52)47(5)40(36)54/h7-9,20-21,23-24,26,28-29,36,56H,10-19,22H2,1-6H3,(H,44,53). The summed E-state index contributed by atoms with van der Waals surface area (Å²) in [5, 5.41) is 19.8. The van der Waals surface area contributed by atoms with Crippen molar-refractivity contribution < 1.29 is 23.9 Å². The predicted octanol–water partition coefficient (Wildman–Crippen LogP) is 5.12. The number of oxazole rings is 1. The number of likely N-dealkylation sites (N-methyl/N-ethyl adjacent to an activating group) is 1. The third-order valence-corrected chi connectivity index (χ3v) is 12.6. The van der Waals surface area contributed by atoms with Gasteiger partial charge in [0.15, 0.2) is 11.6 Å². The molecule has 2 aromatic carbocycles. The van der Waals surface area contributed by atoms with Gasteiger partial charge in [-0.1, -0.05) is 6.07 Å². The number of hydrogen-bond acceptors (Lipinski definition) is 10. The van der Waals surface area contributed by atoms with Crippen molar-refractivity contribution in [2.24, 2.45) is 13.0 Å². The average Bonchev–Trinajstić information content (AvgIpc) is 3.89. The number of aromatic nitrogens is 5. The monoisotopic (exact) mass is 779 g/mol. The number of anilines is 2. The number of amides is 3. The second-order valence-corrected chi connectivity index (χ2v) is 16.9. The van der Waals surface area contributed by atoms with E-state index in [-0.39, 0.29) is 35.7 Å². The van der Waals surface area contributed by atoms with E-state index in [4.69, 9.17) is 9.52 Å². The van der Waals surface area contributed by atoms with Crippen molar-refractivity contribution in [3.05, 3.63) is 70.4 Å². The number of aryl methyl sites for hydroxylation is 2. The Hall–Kier alpha value is -5.28. The van der Waals surface area contributed by atoms with Gasteiger partial charge in [0.25, 0.3) is 11.8 Å². The normalized spacial score (nSPS) is 21.4. The quantitative estimate of drug-likeness (QED) is 0.192. The number of carbonyl (C=O) groups is 3. The van der Waals surface area contributed by atoms with Crippen molar-refractivity contribution >= 4 is 51.0 Å². The van der Waals surface area contributed by atoms with Crippen molar-refractivity contribution in [2.75, 3.05) is 43.9 Å². The van der Waals surface area contributed by atoms with Gasteiger partial charge in [0.2, 0.25) is 5.91 Å². The molecular formula is C42H53N9O6. The number of rotatable bonds is 9. The number of piperidine rings is 2. The number of para-hydroxylation sites is 1. The van der Waals surface area contributed by atoms with Gasteiger partial charge >= 0.3 is 5.69 Å². The van der Waals surface area contributed by atoms with Gasteiger partial charge in [0.1, 0.15) is 12.3 Å². The first-order valence-corrected chi connectivity index (χ1v) is 20.1. The van der Waals surface area contributed by atoms with Crippen LogP contribution in [-0.2, 0) is 22.2 Å². The molecule has 3 fully saturated rings. The topological polar surface area (TPSA) is 164 Å². The van der Waals surface area contributed by atoms with Gasteiger partial charge in [0, 0.05) is 75.9 Å². The molecule has 2 aliphatic heterocycles. The van der Waals surface area contributed by atoms with Crippen molar-refractivity contribution in [1.82, 2.24) is 33.7 Å². The molecule has 1 saturated carbocycles. The van der Waals surface area contributed by atoms with Crippen molar-refractivity contribution in [2.45, 2.75) is 95.9 Å². The van der Waals surface area contributed by atoms with Crippen LogP contribution in [0.4, 0.5) is 11.4 Å². The molecule has 3 aliphatic rings. The molecular weight excluding hydrogens is 727 g/mol. The molecule has 15 heteroatoms. The van der Waals surface area contributed by atoms with E-state index in [1.165, 1.54) is 13.3 Å². The molecule has 5 aromatic rings. The van der Waals surface area contributed by atoms with Crippen LogP contribution in [0.25, 0.3) is 21.9 Å². The number of nitrogens with one attached hydrogen (secondary N) is 1. The van der Waals surface area contributed by atoms with Crippen molar-refractivity contribution in [1.29, 1.82) is 0 Å². The fourth-order valence-corrected chi connectivity index (χ4v) is 9.35. The molecule has 302 valence electrons. The molecule has 1 aliphatic carbocycles. The Balaban J connectivity index is 0.884. The fourth-order valence-electron chi connectivity index (χ4n) is 9.35. The number of imidazole rings is 1. The number of fused-ring (bicyclic) bond motifs is 2. The Morgan fingerprint density at radius 3 is 2.46 bits per heavy atom. The fraction of sp³-hybridized carbons (Fsp3) is 0.524. The van der Waals surface area contributed by atoms with Gasteiger partial charge in [-0.15, -0.1) is 0 Å². The predicted molar refractivity (Wildman–Crippen MR) is 216 cm³/mol. The summed E-state index contributed by atoms with van der Waals surface area (Å²) < 4.78 is 10.5. The van der Waals surface area contributed by atoms with Gasteiger partial charge in [-0.25, -0.2) is 9.78 Å². The summed E-state index contributed by atoms with van der Waals surface area (Å²) in [6.45, 7) is 7.85. The minimum absolute atomic E-state index is 0.177. The molecule has 0 spiro atoms. The molecule has 57 heavy (non-hydrogen) atoms. The maximum Gasteiger partial charge on any atom is 0.329 e. The van der Waals surface area contributed by atoms with Crippen molar-refractivity contribution in [3.63, 3.8) is 0 Å². The number of hydrogen-bond donors (Lipinski definition) is 2. The summed E-state index contributed by atoms with van der Waals surface area (Å²) in [6.07, 6.45) is 10.2. The van der Waals surface area contributed by atoms with Crippen LogP contribution in [0.2, 0.25) is 0 Å². The van der Waals surface area contributed by atoms with E-state index in [1.807, 2.05) is 30.5 Å². The number of nitrogens with zero attached hydrogens (tertiary/aromatic N) is 8. The summed E-state index contributed by atoms with van der Waals surface area (Å²) in [4.78, 5) is 62.0. The smallest absolute Gasteiger partial charge is 0.329 e. The van der Waals surface area contributed by atoms with Crippen LogP contribution in [0.3, 0.4) is 0 Å². The lowest BCUT2D eigenvalue weighted by Gasteiger charge is -2.40. The third kappa shape index (κ3) is 7.27. The van der Waals surface area contributed by atoms with E-state index in [0.29, 0.717) is 35.5 Å². The van der Waals surface area contributed by atoms with Gasteiger partial charge in [-0.2, -0.15) is 5.10 Å². The molecule has 2 saturated heterocycles. The van der Waals surface area contributed by atoms with Crippen LogP contribution in [0.5, 0.6) is 0 Å². The molecule has 0 radical (unpaired) electrons. The Kier molecular flexibility index (Phi) is 10.1. The van der Waals surface area contributed by atoms with E-state index in [9.17, 15) is 24.3 Å². The zero-order chi connectivity index (χ0) is 40.3. The van der Waals surface area contributed by atoms with Crippen molar-refractivity contribution in [3.8, 4) is 0 Å². The van der Waals surface area contributed by atoms with E-state index in [1.54, 1.807) is 37.0 Å². The summed E-state index contributed by atoms with van der Waals surface area (Å²) in [6, 6.07) is 9.72. The summed E-state index contributed by atoms with van der Waals surface area (Å²) in [7, 11) is 5.51. The Bertz CT molecular complexity index is 2400. The first kappa shape index (κ1) is 38.6. The molecule has 1 atom stereocenters. The first-order valence-electron chi connectivity index (χ1n) is 20.1. The van der Waals surface area contributed by atoms with Crippen LogP contribution in [-0.4, -0.2) is 96.3 Å². The zero-order valence-corrected chi connectivity index (χ0v) is 33.7. The highest BCUT2D eigenvalue weighted by atomic mass is 16.3. The second kappa shape index (κ2) is 14.9. The maximum absolute atomic E-state index is 13.6. The lowest BCUT2D eigenvalue weighted by molar-refractivity contribution is -0.149. The van der Waals surface area contributed by atoms with E-state index < -0.39 is 17.6 Å². The van der Waals surface area contributed by atoms with E-state index in [0.717, 1.165) is 90.7 Å². The van der Waals surface area contributed by atoms with Crippen LogP contribution in [0.15, 0.2) is 52.0 Å². The Morgan fingerprint density at radius 2 is 1.77 bits per heavy atom. The summed E-state index contributed by atoms with van der Waals surface area (Å²) in [5.74, 6) is 0.0476. The molecule has 2 N–H and O–H groups in total. The van der Waals surface area contributed by atoms with E-state index in [2.05, 4.69) is 37.9 Å². The van der Waals surface area contributed by atoms with Gasteiger partial charge < -0.3 is 24.6 Å². The molecule has 0 bridgehead atoms. The van der Waals surface area contributed by atoms with Crippen LogP contribution in [0, 0.1) is 12.8 Å². The molecule has 3 amide bonds. The number of imide groups is 1. The highest BCUT2D eigenvalue weighted by Crippen LogP contribution is 2.37. The van der Waals surface area contributed by atoms with Gasteiger partial charge in [-0.3, -0.25) is 33.1 Å². The maximum atomic E-state index is 13.6. The van der Waals surface area contributed by atoms with E-state index >= 15 is 0 Å². The third-order valence-electron chi connectivity index (χ3n) is 12.6. The number of aliphatic hydroxyl groups is 1. The second-order valence-electron chi connectivity index (χ2n) is 16.9. The Morgan fingerprint density at radius 1 is 1.04 bits per heavy atom. The largest absolute Gasteiger partial charge is 0.448 e. The van der Waals surface area contributed by atoms with Crippen LogP contribution < -0.4 is 15.9 Å². The zero-order valence-electron chi connectivity index (χ0n) is 33.7. The first-order chi connectivity index (χ1) is 27.2. The SMILES string of the molecule is Cc1nc(C(=O)Nc2cc3cn(C4CCC(CN(C)C5CCN(c6cccc7c6n(C)c(=O)n7C6CCC(=O)N(C)C6=O)CC5)CC4)nc3cc2C(C)(C)O)co1. The Labute approximate surface area is 331 Å². The molecule has 1 unspecified atom stereocenters. The van der Waals surface area contributed by atoms with Gasteiger partial charge in [-0.05, 0) is 96.0 Å². The summed E-state index contributed by atoms with van der Waals surface area (Å²) in [5.41, 5.74) is 3.15. The molecule has 15 nitrogen and oxygen atoms in total. The van der Waals surface area contributed by atoms with Crippen LogP contribution >= 0.6 is 0 Å². The molecule has 5 heterocycles. The highest BCUT2D eigenvalue weighted by Gasteiger charge is 2.36. The van der Waals surface area contributed by atoms with Gasteiger partial charge in [0.05, 0.1) is 33.9 Å². The molecule has 3 aromatic heterocycles. The number of carbonyl (C=O) groups excluding carboxylic acids is 3. The average molecular weight is 780 g/mol. The summed E-state index contributed by atoms with van der Waals surface area (Å²) >= 11 is 0. The lowest BCUT2D eigenvalue weighted by atomic mass is 9.85. The number of benzene rings is 2. The molecule has 8 rings (SSSR count). The number of likely N-dealkylation sites (tertiary alicyclic amines) is 1. The highest BCUT2D eigenvalue weighted by molar-refractivity contribution is 6.04. The minimum Gasteiger partial charge on any atom is -0.448 e.